The molecule has 1 saturated heterocycles. The standard InChI is InChI=1S/C13H16F2N2S/c14-10-5-4-9(8-11(10)15)12(13(16)18)17-6-2-1-3-7-17/h4-5,8,12H,1-3,6-7H2,(H2,16,18). The highest BCUT2D eigenvalue weighted by molar-refractivity contribution is 7.80. The Kier molecular flexibility index (Phi) is 4.24. The van der Waals surface area contributed by atoms with E-state index in [0.29, 0.717) is 10.6 Å². The van der Waals surface area contributed by atoms with E-state index in [1.54, 1.807) is 6.07 Å². The molecule has 18 heavy (non-hydrogen) atoms. The molecule has 98 valence electrons. The lowest BCUT2D eigenvalue weighted by Gasteiger charge is -2.34. The van der Waals surface area contributed by atoms with Crippen LogP contribution < -0.4 is 5.73 Å². The van der Waals surface area contributed by atoms with E-state index in [9.17, 15) is 8.78 Å². The molecule has 5 heteroatoms. The van der Waals surface area contributed by atoms with Gasteiger partial charge in [-0.25, -0.2) is 8.78 Å². The van der Waals surface area contributed by atoms with Crippen molar-refractivity contribution >= 4 is 17.2 Å². The molecule has 2 rings (SSSR count). The molecule has 1 aromatic carbocycles. The number of halogens is 2. The number of nitrogens with zero attached hydrogens (tertiary/aromatic N) is 1. The molecule has 1 unspecified atom stereocenters. The zero-order chi connectivity index (χ0) is 13.1. The van der Waals surface area contributed by atoms with Crippen molar-refractivity contribution < 1.29 is 8.78 Å². The van der Waals surface area contributed by atoms with Crippen molar-refractivity contribution in [2.45, 2.75) is 25.3 Å². The molecule has 0 aliphatic carbocycles. The lowest BCUT2D eigenvalue weighted by Crippen LogP contribution is -2.40. The lowest BCUT2D eigenvalue weighted by atomic mass is 10.0. The summed E-state index contributed by atoms with van der Waals surface area (Å²) in [5, 5.41) is 0. The van der Waals surface area contributed by atoms with Gasteiger partial charge < -0.3 is 5.73 Å². The smallest absolute Gasteiger partial charge is 0.159 e. The molecule has 2 N–H and O–H groups in total. The molecule has 0 spiro atoms. The van der Waals surface area contributed by atoms with Gasteiger partial charge in [-0.3, -0.25) is 4.90 Å². The molecule has 0 aromatic heterocycles. The summed E-state index contributed by atoms with van der Waals surface area (Å²) in [6.07, 6.45) is 3.36. The summed E-state index contributed by atoms with van der Waals surface area (Å²) in [4.78, 5) is 2.45. The topological polar surface area (TPSA) is 29.3 Å². The number of thiocarbonyl (C=S) groups is 1. The SMILES string of the molecule is NC(=S)C(c1ccc(F)c(F)c1)N1CCCCC1. The van der Waals surface area contributed by atoms with E-state index in [-0.39, 0.29) is 6.04 Å². The highest BCUT2D eigenvalue weighted by atomic mass is 32.1. The predicted molar refractivity (Wildman–Crippen MR) is 71.3 cm³/mol. The van der Waals surface area contributed by atoms with Crippen LogP contribution in [0.3, 0.4) is 0 Å². The summed E-state index contributed by atoms with van der Waals surface area (Å²) in [6, 6.07) is 3.57. The number of hydrogen-bond donors (Lipinski definition) is 1. The largest absolute Gasteiger partial charge is 0.392 e. The maximum Gasteiger partial charge on any atom is 0.159 e. The van der Waals surface area contributed by atoms with Gasteiger partial charge in [0.25, 0.3) is 0 Å². The van der Waals surface area contributed by atoms with Gasteiger partial charge in [-0.2, -0.15) is 0 Å². The second-order valence-electron chi connectivity index (χ2n) is 4.58. The van der Waals surface area contributed by atoms with Crippen molar-refractivity contribution in [3.8, 4) is 0 Å². The van der Waals surface area contributed by atoms with Crippen molar-refractivity contribution in [1.82, 2.24) is 4.90 Å². The molecule has 1 aliphatic rings. The number of rotatable bonds is 3. The minimum absolute atomic E-state index is 0.296. The molecule has 1 heterocycles. The number of benzene rings is 1. The van der Waals surface area contributed by atoms with E-state index in [2.05, 4.69) is 4.90 Å². The van der Waals surface area contributed by atoms with E-state index < -0.39 is 11.6 Å². The highest BCUT2D eigenvalue weighted by Gasteiger charge is 2.25. The highest BCUT2D eigenvalue weighted by Crippen LogP contribution is 2.26. The normalized spacial score (nSPS) is 18.6. The van der Waals surface area contributed by atoms with Gasteiger partial charge in [0.1, 0.15) is 0 Å². The molecule has 0 radical (unpaired) electrons. The van der Waals surface area contributed by atoms with Gasteiger partial charge in [-0.15, -0.1) is 0 Å². The zero-order valence-corrected chi connectivity index (χ0v) is 10.9. The Labute approximate surface area is 111 Å². The Balaban J connectivity index is 2.28. The second-order valence-corrected chi connectivity index (χ2v) is 5.05. The maximum absolute atomic E-state index is 13.3. The maximum atomic E-state index is 13.3. The quantitative estimate of drug-likeness (QED) is 0.856. The number of likely N-dealkylation sites (tertiary alicyclic amines) is 1. The Bertz CT molecular complexity index is 445. The van der Waals surface area contributed by atoms with Crippen molar-refractivity contribution in [1.29, 1.82) is 0 Å². The van der Waals surface area contributed by atoms with Crippen LogP contribution in [-0.4, -0.2) is 23.0 Å². The molecule has 0 bridgehead atoms. The van der Waals surface area contributed by atoms with Crippen LogP contribution in [0.1, 0.15) is 30.9 Å². The van der Waals surface area contributed by atoms with Crippen molar-refractivity contribution in [2.75, 3.05) is 13.1 Å². The molecular weight excluding hydrogens is 254 g/mol. The molecule has 1 aromatic rings. The molecular formula is C13H16F2N2S. The van der Waals surface area contributed by atoms with Gasteiger partial charge in [-0.05, 0) is 43.6 Å². The Hall–Kier alpha value is -1.07. The van der Waals surface area contributed by atoms with E-state index in [1.165, 1.54) is 12.5 Å². The molecule has 0 amide bonds. The predicted octanol–water partition coefficient (Wildman–Crippen LogP) is 2.78. The van der Waals surface area contributed by atoms with Crippen molar-refractivity contribution in [2.24, 2.45) is 5.73 Å². The summed E-state index contributed by atoms with van der Waals surface area (Å²) >= 11 is 5.08. The monoisotopic (exact) mass is 270 g/mol. The summed E-state index contributed by atoms with van der Waals surface area (Å²) in [7, 11) is 0. The lowest BCUT2D eigenvalue weighted by molar-refractivity contribution is 0.203. The van der Waals surface area contributed by atoms with Crippen LogP contribution in [0.4, 0.5) is 8.78 Å². The van der Waals surface area contributed by atoms with Crippen LogP contribution in [0.5, 0.6) is 0 Å². The molecule has 1 atom stereocenters. The average Bonchev–Trinajstić information content (AvgIpc) is 2.35. The van der Waals surface area contributed by atoms with Gasteiger partial charge in [0.2, 0.25) is 0 Å². The summed E-state index contributed by atoms with van der Waals surface area (Å²) in [5.74, 6) is -1.70. The molecule has 2 nitrogen and oxygen atoms in total. The van der Waals surface area contributed by atoms with E-state index in [0.717, 1.165) is 32.0 Å². The Morgan fingerprint density at radius 3 is 2.39 bits per heavy atom. The minimum Gasteiger partial charge on any atom is -0.392 e. The van der Waals surface area contributed by atoms with E-state index in [1.807, 2.05) is 0 Å². The minimum atomic E-state index is -0.856. The van der Waals surface area contributed by atoms with Crippen LogP contribution in [0.25, 0.3) is 0 Å². The number of piperidine rings is 1. The van der Waals surface area contributed by atoms with Crippen LogP contribution >= 0.6 is 12.2 Å². The van der Waals surface area contributed by atoms with E-state index >= 15 is 0 Å². The van der Waals surface area contributed by atoms with Gasteiger partial charge in [-0.1, -0.05) is 24.7 Å². The van der Waals surface area contributed by atoms with Crippen LogP contribution in [0.2, 0.25) is 0 Å². The van der Waals surface area contributed by atoms with Gasteiger partial charge in [0.15, 0.2) is 11.6 Å². The van der Waals surface area contributed by atoms with Crippen LogP contribution in [0.15, 0.2) is 18.2 Å². The van der Waals surface area contributed by atoms with E-state index in [4.69, 9.17) is 18.0 Å². The fourth-order valence-corrected chi connectivity index (χ4v) is 2.70. The third-order valence-corrected chi connectivity index (χ3v) is 3.51. The first kappa shape index (κ1) is 13.4. The fraction of sp³-hybridized carbons (Fsp3) is 0.462. The number of nitrogens with two attached hydrogens (primary N) is 1. The third kappa shape index (κ3) is 2.84. The van der Waals surface area contributed by atoms with Crippen molar-refractivity contribution in [3.05, 3.63) is 35.4 Å². The average molecular weight is 270 g/mol. The Morgan fingerprint density at radius 2 is 1.83 bits per heavy atom. The third-order valence-electron chi connectivity index (χ3n) is 3.28. The van der Waals surface area contributed by atoms with Gasteiger partial charge in [0.05, 0.1) is 11.0 Å². The molecule has 0 saturated carbocycles. The summed E-state index contributed by atoms with van der Waals surface area (Å²) in [5.41, 5.74) is 6.39. The van der Waals surface area contributed by atoms with Gasteiger partial charge in [0, 0.05) is 0 Å². The summed E-state index contributed by atoms with van der Waals surface area (Å²) in [6.45, 7) is 1.78. The first-order valence-corrected chi connectivity index (χ1v) is 6.49. The van der Waals surface area contributed by atoms with Crippen LogP contribution in [-0.2, 0) is 0 Å². The first-order chi connectivity index (χ1) is 8.59. The number of hydrogen-bond acceptors (Lipinski definition) is 2. The summed E-state index contributed by atoms with van der Waals surface area (Å²) < 4.78 is 26.2. The Morgan fingerprint density at radius 1 is 1.17 bits per heavy atom. The zero-order valence-electron chi connectivity index (χ0n) is 10.0. The first-order valence-electron chi connectivity index (χ1n) is 6.08. The van der Waals surface area contributed by atoms with Gasteiger partial charge >= 0.3 is 0 Å². The molecule has 1 aliphatic heterocycles. The molecule has 1 fully saturated rings. The fourth-order valence-electron chi connectivity index (χ4n) is 2.41. The van der Waals surface area contributed by atoms with Crippen LogP contribution in [0, 0.1) is 11.6 Å². The second kappa shape index (κ2) is 5.71. The van der Waals surface area contributed by atoms with Crippen molar-refractivity contribution in [3.63, 3.8) is 0 Å².